The largest absolute Gasteiger partial charge is 0.467 e. The Labute approximate surface area is 181 Å². The normalized spacial score (nSPS) is 16.4. The zero-order valence-electron chi connectivity index (χ0n) is 17.5. The molecule has 0 aliphatic carbocycles. The predicted molar refractivity (Wildman–Crippen MR) is 115 cm³/mol. The first-order valence-electron chi connectivity index (χ1n) is 10.1. The summed E-state index contributed by atoms with van der Waals surface area (Å²) in [6.07, 6.45) is 3.55. The van der Waals surface area contributed by atoms with Crippen LogP contribution >= 0.6 is 0 Å². The number of sulfonamides is 1. The van der Waals surface area contributed by atoms with Gasteiger partial charge in [-0.25, -0.2) is 8.42 Å². The van der Waals surface area contributed by atoms with Crippen LogP contribution in [-0.2, 0) is 26.2 Å². The number of nitrogens with one attached hydrogen (secondary N) is 2. The number of hydrogen-bond donors (Lipinski definition) is 2. The number of hydrogen-bond acceptors (Lipinski definition) is 6. The maximum atomic E-state index is 13.0. The van der Waals surface area contributed by atoms with E-state index < -0.39 is 16.1 Å². The second kappa shape index (κ2) is 9.78. The lowest BCUT2D eigenvalue weighted by Gasteiger charge is -2.21. The molecule has 2 heterocycles. The molecule has 2 N–H and O–H groups in total. The number of nitrogens with zero attached hydrogens (tertiary/aromatic N) is 2. The van der Waals surface area contributed by atoms with Crippen LogP contribution in [0, 0.1) is 0 Å². The SMILES string of the molecule is CCCCC(N=C1NS(=O)(=O)c2ccccc21)C(=O)N(C)CC(=O)NCc1ccco1. The van der Waals surface area contributed by atoms with Crippen LogP contribution in [0.2, 0.25) is 0 Å². The monoisotopic (exact) mass is 446 g/mol. The number of unbranched alkanes of at least 4 members (excludes halogenated alkanes) is 1. The number of benzene rings is 1. The van der Waals surface area contributed by atoms with E-state index in [4.69, 9.17) is 4.42 Å². The third kappa shape index (κ3) is 5.52. The maximum absolute atomic E-state index is 13.0. The Balaban J connectivity index is 1.72. The first-order valence-corrected chi connectivity index (χ1v) is 11.5. The van der Waals surface area contributed by atoms with Crippen molar-refractivity contribution in [1.82, 2.24) is 14.9 Å². The highest BCUT2D eigenvalue weighted by molar-refractivity contribution is 7.90. The number of carbonyl (C=O) groups is 2. The number of rotatable bonds is 9. The van der Waals surface area contributed by atoms with E-state index in [9.17, 15) is 18.0 Å². The van der Waals surface area contributed by atoms with Gasteiger partial charge in [-0.1, -0.05) is 31.9 Å². The van der Waals surface area contributed by atoms with E-state index in [0.29, 0.717) is 17.7 Å². The van der Waals surface area contributed by atoms with Crippen molar-refractivity contribution in [2.75, 3.05) is 13.6 Å². The molecule has 0 radical (unpaired) electrons. The highest BCUT2D eigenvalue weighted by atomic mass is 32.2. The Morgan fingerprint density at radius 3 is 2.71 bits per heavy atom. The maximum Gasteiger partial charge on any atom is 0.263 e. The molecular formula is C21H26N4O5S. The summed E-state index contributed by atoms with van der Waals surface area (Å²) in [6.45, 7) is 2.08. The van der Waals surface area contributed by atoms with Crippen molar-refractivity contribution >= 4 is 27.7 Å². The van der Waals surface area contributed by atoms with Gasteiger partial charge in [-0.3, -0.25) is 19.3 Å². The highest BCUT2D eigenvalue weighted by Gasteiger charge is 2.32. The minimum Gasteiger partial charge on any atom is -0.467 e. The lowest BCUT2D eigenvalue weighted by Crippen LogP contribution is -2.42. The van der Waals surface area contributed by atoms with E-state index >= 15 is 0 Å². The summed E-state index contributed by atoms with van der Waals surface area (Å²) in [5.41, 5.74) is 0.440. The van der Waals surface area contributed by atoms with Crippen molar-refractivity contribution < 1.29 is 22.4 Å². The molecule has 0 bridgehead atoms. The van der Waals surface area contributed by atoms with Crippen LogP contribution in [0.4, 0.5) is 0 Å². The van der Waals surface area contributed by atoms with Gasteiger partial charge in [0.2, 0.25) is 11.8 Å². The van der Waals surface area contributed by atoms with Crippen LogP contribution in [0.15, 0.2) is 57.0 Å². The zero-order chi connectivity index (χ0) is 22.4. The van der Waals surface area contributed by atoms with Gasteiger partial charge >= 0.3 is 0 Å². The Kier molecular flexibility index (Phi) is 7.11. The molecular weight excluding hydrogens is 420 g/mol. The Bertz CT molecular complexity index is 1060. The molecule has 0 saturated carbocycles. The van der Waals surface area contributed by atoms with E-state index in [2.05, 4.69) is 15.0 Å². The summed E-state index contributed by atoms with van der Waals surface area (Å²) in [7, 11) is -2.16. The molecule has 2 amide bonds. The molecule has 1 atom stereocenters. The van der Waals surface area contributed by atoms with Gasteiger partial charge in [-0.15, -0.1) is 0 Å². The summed E-state index contributed by atoms with van der Waals surface area (Å²) < 4.78 is 32.3. The zero-order valence-corrected chi connectivity index (χ0v) is 18.3. The lowest BCUT2D eigenvalue weighted by molar-refractivity contribution is -0.135. The Hall–Kier alpha value is -3.14. The van der Waals surface area contributed by atoms with Crippen molar-refractivity contribution in [1.29, 1.82) is 0 Å². The standard InChI is InChI=1S/C21H26N4O5S/c1-3-4-10-17(23-20-16-9-5-6-11-18(16)31(28,29)24-20)21(27)25(2)14-19(26)22-13-15-8-7-12-30-15/h5-9,11-12,17H,3-4,10,13-14H2,1-2H3,(H,22,26)(H,23,24). The van der Waals surface area contributed by atoms with E-state index in [1.54, 1.807) is 30.3 Å². The lowest BCUT2D eigenvalue weighted by atomic mass is 10.1. The number of amides is 2. The predicted octanol–water partition coefficient (Wildman–Crippen LogP) is 1.65. The van der Waals surface area contributed by atoms with E-state index in [1.807, 2.05) is 6.92 Å². The molecule has 1 aliphatic heterocycles. The first-order chi connectivity index (χ1) is 14.8. The van der Waals surface area contributed by atoms with Crippen LogP contribution < -0.4 is 10.0 Å². The van der Waals surface area contributed by atoms with Crippen molar-refractivity contribution in [2.45, 2.75) is 43.7 Å². The van der Waals surface area contributed by atoms with Gasteiger partial charge in [0.25, 0.3) is 10.0 Å². The van der Waals surface area contributed by atoms with Crippen LogP contribution in [-0.4, -0.2) is 50.6 Å². The molecule has 0 saturated heterocycles. The van der Waals surface area contributed by atoms with Gasteiger partial charge in [0.05, 0.1) is 24.2 Å². The molecule has 2 aromatic rings. The van der Waals surface area contributed by atoms with Crippen LogP contribution in [0.3, 0.4) is 0 Å². The molecule has 31 heavy (non-hydrogen) atoms. The van der Waals surface area contributed by atoms with Gasteiger partial charge in [0.15, 0.2) is 0 Å². The Morgan fingerprint density at radius 1 is 1.23 bits per heavy atom. The molecule has 1 aliphatic rings. The average Bonchev–Trinajstić information content (AvgIpc) is 3.35. The van der Waals surface area contributed by atoms with Crippen molar-refractivity contribution in [2.24, 2.45) is 4.99 Å². The van der Waals surface area contributed by atoms with Crippen LogP contribution in [0.1, 0.15) is 37.5 Å². The van der Waals surface area contributed by atoms with Crippen molar-refractivity contribution in [3.63, 3.8) is 0 Å². The van der Waals surface area contributed by atoms with Gasteiger partial charge in [0, 0.05) is 12.6 Å². The second-order valence-corrected chi connectivity index (χ2v) is 8.94. The Morgan fingerprint density at radius 2 is 2.00 bits per heavy atom. The smallest absolute Gasteiger partial charge is 0.263 e. The number of furan rings is 1. The van der Waals surface area contributed by atoms with Gasteiger partial charge in [-0.2, -0.15) is 0 Å². The second-order valence-electron chi connectivity index (χ2n) is 7.29. The van der Waals surface area contributed by atoms with Gasteiger partial charge in [0.1, 0.15) is 17.6 Å². The van der Waals surface area contributed by atoms with E-state index in [0.717, 1.165) is 12.8 Å². The number of amidine groups is 1. The number of carbonyl (C=O) groups excluding carboxylic acids is 2. The summed E-state index contributed by atoms with van der Waals surface area (Å²) in [5, 5.41) is 2.70. The number of fused-ring (bicyclic) bond motifs is 1. The fraction of sp³-hybridized carbons (Fsp3) is 0.381. The molecule has 1 unspecified atom stereocenters. The van der Waals surface area contributed by atoms with Crippen LogP contribution in [0.5, 0.6) is 0 Å². The summed E-state index contributed by atoms with van der Waals surface area (Å²) in [5.74, 6) is 0.0844. The molecule has 10 heteroatoms. The molecule has 0 spiro atoms. The van der Waals surface area contributed by atoms with Gasteiger partial charge < -0.3 is 14.6 Å². The first kappa shape index (κ1) is 22.5. The molecule has 9 nitrogen and oxygen atoms in total. The van der Waals surface area contributed by atoms with E-state index in [1.165, 1.54) is 24.3 Å². The quantitative estimate of drug-likeness (QED) is 0.607. The van der Waals surface area contributed by atoms with Gasteiger partial charge in [-0.05, 0) is 30.7 Å². The minimum absolute atomic E-state index is 0.140. The van der Waals surface area contributed by atoms with Crippen molar-refractivity contribution in [3.05, 3.63) is 54.0 Å². The minimum atomic E-state index is -3.69. The third-order valence-electron chi connectivity index (χ3n) is 4.86. The number of likely N-dealkylation sites (N-methyl/N-ethyl adjacent to an activating group) is 1. The fourth-order valence-electron chi connectivity index (χ4n) is 3.23. The van der Waals surface area contributed by atoms with E-state index in [-0.39, 0.29) is 35.6 Å². The third-order valence-corrected chi connectivity index (χ3v) is 6.26. The highest BCUT2D eigenvalue weighted by Crippen LogP contribution is 2.23. The molecule has 1 aromatic heterocycles. The molecule has 1 aromatic carbocycles. The van der Waals surface area contributed by atoms with Crippen LogP contribution in [0.25, 0.3) is 0 Å². The van der Waals surface area contributed by atoms with Crippen molar-refractivity contribution in [3.8, 4) is 0 Å². The molecule has 0 fully saturated rings. The number of aliphatic imine (C=N–C) groups is 1. The summed E-state index contributed by atoms with van der Waals surface area (Å²) in [4.78, 5) is 31.1. The summed E-state index contributed by atoms with van der Waals surface area (Å²) in [6, 6.07) is 9.17. The topological polar surface area (TPSA) is 121 Å². The fourth-order valence-corrected chi connectivity index (χ4v) is 4.47. The average molecular weight is 447 g/mol. The molecule has 166 valence electrons. The molecule has 3 rings (SSSR count). The summed E-state index contributed by atoms with van der Waals surface area (Å²) >= 11 is 0.